The average Bonchev–Trinajstić information content (AvgIpc) is 2.79. The zero-order chi connectivity index (χ0) is 21.8. The van der Waals surface area contributed by atoms with Gasteiger partial charge in [0.15, 0.2) is 5.82 Å². The van der Waals surface area contributed by atoms with Gasteiger partial charge < -0.3 is 20.1 Å². The summed E-state index contributed by atoms with van der Waals surface area (Å²) in [6, 6.07) is 15.5. The number of benzene rings is 2. The Morgan fingerprint density at radius 1 is 1.10 bits per heavy atom. The normalized spacial score (nSPS) is 14.6. The Hall–Kier alpha value is -3.35. The van der Waals surface area contributed by atoms with Crippen LogP contribution in [-0.2, 0) is 13.0 Å². The van der Waals surface area contributed by atoms with Gasteiger partial charge in [0.05, 0.1) is 11.0 Å². The third kappa shape index (κ3) is 4.55. The molecule has 0 spiro atoms. The molecular formula is C24H29N5O2. The number of nitrogens with zero attached hydrogens (tertiary/aromatic N) is 3. The summed E-state index contributed by atoms with van der Waals surface area (Å²) in [5.74, 6) is 0.500. The third-order valence-corrected chi connectivity index (χ3v) is 5.87. The van der Waals surface area contributed by atoms with E-state index in [1.54, 1.807) is 4.57 Å². The molecule has 1 aliphatic heterocycles. The summed E-state index contributed by atoms with van der Waals surface area (Å²) in [4.78, 5) is 32.1. The molecule has 1 saturated heterocycles. The molecule has 0 saturated carbocycles. The molecule has 2 amide bonds. The van der Waals surface area contributed by atoms with Gasteiger partial charge in [-0.2, -0.15) is 0 Å². The minimum absolute atomic E-state index is 0.0545. The van der Waals surface area contributed by atoms with Gasteiger partial charge in [0, 0.05) is 31.4 Å². The van der Waals surface area contributed by atoms with Crippen molar-refractivity contribution in [2.75, 3.05) is 23.3 Å². The lowest BCUT2D eigenvalue weighted by Crippen LogP contribution is -2.47. The Labute approximate surface area is 182 Å². The molecule has 1 aliphatic rings. The molecule has 3 aromatic rings. The number of hydrogen-bond acceptors (Lipinski definition) is 4. The zero-order valence-electron chi connectivity index (χ0n) is 18.1. The van der Waals surface area contributed by atoms with Crippen LogP contribution in [0.25, 0.3) is 11.0 Å². The highest BCUT2D eigenvalue weighted by atomic mass is 16.2. The molecule has 0 radical (unpaired) electrons. The van der Waals surface area contributed by atoms with E-state index in [0.29, 0.717) is 25.5 Å². The van der Waals surface area contributed by atoms with E-state index in [-0.39, 0.29) is 17.6 Å². The van der Waals surface area contributed by atoms with E-state index in [2.05, 4.69) is 22.5 Å². The van der Waals surface area contributed by atoms with Crippen molar-refractivity contribution in [2.45, 2.75) is 45.7 Å². The summed E-state index contributed by atoms with van der Waals surface area (Å²) >= 11 is 0. The van der Waals surface area contributed by atoms with Crippen LogP contribution in [0.2, 0.25) is 0 Å². The van der Waals surface area contributed by atoms with Crippen molar-refractivity contribution in [1.82, 2.24) is 14.9 Å². The molecule has 1 aromatic heterocycles. The van der Waals surface area contributed by atoms with Gasteiger partial charge in [0.2, 0.25) is 0 Å². The van der Waals surface area contributed by atoms with Gasteiger partial charge in [-0.25, -0.2) is 9.78 Å². The zero-order valence-corrected chi connectivity index (χ0v) is 18.1. The third-order valence-electron chi connectivity index (χ3n) is 5.87. The minimum Gasteiger partial charge on any atom is -0.352 e. The van der Waals surface area contributed by atoms with Gasteiger partial charge in [-0.05, 0) is 56.0 Å². The van der Waals surface area contributed by atoms with Gasteiger partial charge >= 0.3 is 6.03 Å². The molecule has 0 aliphatic carbocycles. The summed E-state index contributed by atoms with van der Waals surface area (Å²) in [5, 5.41) is 5.98. The molecule has 7 heteroatoms. The lowest BCUT2D eigenvalue weighted by Gasteiger charge is -2.33. The number of nitrogens with one attached hydrogen (secondary N) is 2. The van der Waals surface area contributed by atoms with Crippen LogP contribution in [0.15, 0.2) is 53.3 Å². The second-order valence-corrected chi connectivity index (χ2v) is 7.89. The highest BCUT2D eigenvalue weighted by molar-refractivity contribution is 5.89. The summed E-state index contributed by atoms with van der Waals surface area (Å²) in [5.41, 5.74) is 3.62. The van der Waals surface area contributed by atoms with E-state index in [1.165, 1.54) is 5.56 Å². The summed E-state index contributed by atoms with van der Waals surface area (Å²) in [6.07, 6.45) is 2.46. The predicted molar refractivity (Wildman–Crippen MR) is 125 cm³/mol. The predicted octanol–water partition coefficient (Wildman–Crippen LogP) is 3.77. The van der Waals surface area contributed by atoms with Gasteiger partial charge in [0.25, 0.3) is 5.56 Å². The van der Waals surface area contributed by atoms with Crippen LogP contribution in [0.4, 0.5) is 16.3 Å². The maximum atomic E-state index is 13.0. The maximum Gasteiger partial charge on any atom is 0.319 e. The van der Waals surface area contributed by atoms with E-state index in [1.807, 2.05) is 60.4 Å². The molecule has 0 bridgehead atoms. The molecule has 2 aromatic carbocycles. The monoisotopic (exact) mass is 419 g/mol. The highest BCUT2D eigenvalue weighted by Gasteiger charge is 2.24. The van der Waals surface area contributed by atoms with Crippen molar-refractivity contribution < 1.29 is 4.79 Å². The van der Waals surface area contributed by atoms with Gasteiger partial charge in [-0.1, -0.05) is 31.2 Å². The average molecular weight is 420 g/mol. The molecular weight excluding hydrogens is 390 g/mol. The van der Waals surface area contributed by atoms with Crippen molar-refractivity contribution >= 4 is 28.6 Å². The number of rotatable bonds is 5. The Balaban J connectivity index is 1.40. The van der Waals surface area contributed by atoms with Crippen molar-refractivity contribution in [1.29, 1.82) is 0 Å². The van der Waals surface area contributed by atoms with Gasteiger partial charge in [0.1, 0.15) is 0 Å². The van der Waals surface area contributed by atoms with Crippen molar-refractivity contribution in [3.63, 3.8) is 0 Å². The number of para-hydroxylation sites is 2. The van der Waals surface area contributed by atoms with Crippen molar-refractivity contribution in [2.24, 2.45) is 0 Å². The number of aromatic nitrogens is 2. The van der Waals surface area contributed by atoms with Crippen molar-refractivity contribution in [3.8, 4) is 0 Å². The van der Waals surface area contributed by atoms with Gasteiger partial charge in [-0.3, -0.25) is 4.79 Å². The first kappa shape index (κ1) is 20.9. The number of piperidine rings is 1. The fraction of sp³-hybridized carbons (Fsp3) is 0.375. The lowest BCUT2D eigenvalue weighted by molar-refractivity contribution is 0.246. The fourth-order valence-electron chi connectivity index (χ4n) is 4.16. The number of aryl methyl sites for hydroxylation is 2. The summed E-state index contributed by atoms with van der Waals surface area (Å²) < 4.78 is 1.78. The first-order valence-corrected chi connectivity index (χ1v) is 11.0. The molecule has 1 fully saturated rings. The van der Waals surface area contributed by atoms with Crippen LogP contribution < -0.4 is 21.1 Å². The molecule has 4 rings (SSSR count). The number of carbonyl (C=O) groups excluding carboxylic acids is 1. The number of carbonyl (C=O) groups is 1. The number of hydrogen-bond donors (Lipinski definition) is 2. The summed E-state index contributed by atoms with van der Waals surface area (Å²) in [6.45, 7) is 6.03. The maximum absolute atomic E-state index is 13.0. The quantitative estimate of drug-likeness (QED) is 0.660. The van der Waals surface area contributed by atoms with E-state index in [0.717, 1.165) is 36.0 Å². The number of fused-ring (bicyclic) bond motifs is 1. The van der Waals surface area contributed by atoms with E-state index < -0.39 is 0 Å². The Kier molecular flexibility index (Phi) is 6.21. The topological polar surface area (TPSA) is 79.3 Å². The first-order valence-electron chi connectivity index (χ1n) is 11.0. The van der Waals surface area contributed by atoms with Crippen LogP contribution >= 0.6 is 0 Å². The van der Waals surface area contributed by atoms with Crippen LogP contribution in [0.3, 0.4) is 0 Å². The second-order valence-electron chi connectivity index (χ2n) is 7.89. The molecule has 2 heterocycles. The molecule has 2 N–H and O–H groups in total. The Bertz CT molecular complexity index is 1130. The van der Waals surface area contributed by atoms with Crippen LogP contribution in [0, 0.1) is 0 Å². The molecule has 7 nitrogen and oxygen atoms in total. The fourth-order valence-corrected chi connectivity index (χ4v) is 4.16. The SMILES string of the molecule is CCc1cccc(NC(=O)NC2CCN(c3nc4ccccc4n(CC)c3=O)CC2)c1. The largest absolute Gasteiger partial charge is 0.352 e. The standard InChI is InChI=1S/C24H29N5O2/c1-3-17-8-7-9-19(16-17)26-24(31)25-18-12-14-28(15-13-18)22-23(30)29(4-2)21-11-6-5-10-20(21)27-22/h5-11,16,18H,3-4,12-15H2,1-2H3,(H2,25,26,31). The van der Waals surface area contributed by atoms with Crippen LogP contribution in [-0.4, -0.2) is 34.7 Å². The van der Waals surface area contributed by atoms with E-state index in [9.17, 15) is 9.59 Å². The van der Waals surface area contributed by atoms with E-state index in [4.69, 9.17) is 0 Å². The molecule has 162 valence electrons. The highest BCUT2D eigenvalue weighted by Crippen LogP contribution is 2.19. The van der Waals surface area contributed by atoms with E-state index >= 15 is 0 Å². The smallest absolute Gasteiger partial charge is 0.319 e. The summed E-state index contributed by atoms with van der Waals surface area (Å²) in [7, 11) is 0. The Morgan fingerprint density at radius 2 is 1.87 bits per heavy atom. The van der Waals surface area contributed by atoms with Gasteiger partial charge in [-0.15, -0.1) is 0 Å². The molecule has 31 heavy (non-hydrogen) atoms. The van der Waals surface area contributed by atoms with Crippen LogP contribution in [0.1, 0.15) is 32.3 Å². The Morgan fingerprint density at radius 3 is 2.61 bits per heavy atom. The first-order chi connectivity index (χ1) is 15.1. The minimum atomic E-state index is -0.191. The molecule has 0 atom stereocenters. The van der Waals surface area contributed by atoms with Crippen LogP contribution in [0.5, 0.6) is 0 Å². The van der Waals surface area contributed by atoms with Crippen molar-refractivity contribution in [3.05, 3.63) is 64.4 Å². The number of urea groups is 1. The molecule has 0 unspecified atom stereocenters. The second kappa shape index (κ2) is 9.20. The number of amides is 2. The lowest BCUT2D eigenvalue weighted by atomic mass is 10.1. The number of anilines is 2.